The second kappa shape index (κ2) is 5.48. The fraction of sp³-hybridized carbons (Fsp3) is 0.364. The van der Waals surface area contributed by atoms with Crippen LogP contribution in [0.4, 0.5) is 0 Å². The molecule has 0 bridgehead atoms. The summed E-state index contributed by atoms with van der Waals surface area (Å²) < 4.78 is 0. The second-order valence-corrected chi connectivity index (χ2v) is 3.41. The maximum atomic E-state index is 10.3. The Kier molecular flexibility index (Phi) is 4.27. The fourth-order valence-corrected chi connectivity index (χ4v) is 1.35. The van der Waals surface area contributed by atoms with Gasteiger partial charge in [-0.2, -0.15) is 0 Å². The van der Waals surface area contributed by atoms with Crippen LogP contribution in [-0.4, -0.2) is 27.4 Å². The average molecular weight is 210 g/mol. The molecule has 0 spiro atoms. The molecular formula is C11H14O4. The quantitative estimate of drug-likeness (QED) is 0.676. The Morgan fingerprint density at radius 3 is 2.33 bits per heavy atom. The average Bonchev–Trinajstić information content (AvgIpc) is 2.17. The third kappa shape index (κ3) is 4.10. The van der Waals surface area contributed by atoms with E-state index in [1.165, 1.54) is 0 Å². The van der Waals surface area contributed by atoms with Crippen LogP contribution < -0.4 is 0 Å². The molecule has 0 saturated heterocycles. The normalized spacial score (nSPS) is 14.5. The summed E-state index contributed by atoms with van der Waals surface area (Å²) in [4.78, 5) is 10.3. The summed E-state index contributed by atoms with van der Waals surface area (Å²) in [5.41, 5.74) is 0.682. The van der Waals surface area contributed by atoms with Crippen molar-refractivity contribution in [3.05, 3.63) is 35.9 Å². The van der Waals surface area contributed by atoms with Crippen LogP contribution >= 0.6 is 0 Å². The number of carboxylic acids is 1. The van der Waals surface area contributed by atoms with Gasteiger partial charge in [-0.3, -0.25) is 4.79 Å². The molecule has 0 heterocycles. The van der Waals surface area contributed by atoms with E-state index < -0.39 is 18.2 Å². The number of rotatable bonds is 5. The standard InChI is InChI=1S/C11H14O4/c12-9(7-11(14)15)6-10(13)8-4-2-1-3-5-8/h1-5,9-10,12-13H,6-7H2,(H,14,15). The maximum Gasteiger partial charge on any atom is 0.305 e. The topological polar surface area (TPSA) is 77.8 Å². The van der Waals surface area contributed by atoms with Crippen LogP contribution in [-0.2, 0) is 4.79 Å². The van der Waals surface area contributed by atoms with Crippen molar-refractivity contribution in [1.82, 2.24) is 0 Å². The molecule has 0 fully saturated rings. The van der Waals surface area contributed by atoms with Gasteiger partial charge >= 0.3 is 5.97 Å². The first-order valence-electron chi connectivity index (χ1n) is 4.72. The van der Waals surface area contributed by atoms with Gasteiger partial charge in [0.1, 0.15) is 0 Å². The minimum absolute atomic E-state index is 0.0380. The van der Waals surface area contributed by atoms with Gasteiger partial charge in [0.25, 0.3) is 0 Å². The minimum atomic E-state index is -1.07. The SMILES string of the molecule is O=C(O)CC(O)CC(O)c1ccccc1. The summed E-state index contributed by atoms with van der Waals surface area (Å²) in [6.07, 6.45) is -2.14. The highest BCUT2D eigenvalue weighted by atomic mass is 16.4. The van der Waals surface area contributed by atoms with Crippen molar-refractivity contribution in [1.29, 1.82) is 0 Å². The third-order valence-corrected chi connectivity index (χ3v) is 2.09. The van der Waals surface area contributed by atoms with Crippen molar-refractivity contribution in [3.63, 3.8) is 0 Å². The molecule has 0 aliphatic heterocycles. The highest BCUT2D eigenvalue weighted by molar-refractivity contribution is 5.67. The zero-order valence-electron chi connectivity index (χ0n) is 8.21. The monoisotopic (exact) mass is 210 g/mol. The summed E-state index contributed by atoms with van der Waals surface area (Å²) in [5, 5.41) is 27.4. The number of aliphatic hydroxyl groups is 2. The van der Waals surface area contributed by atoms with Crippen LogP contribution in [0, 0.1) is 0 Å². The number of carboxylic acid groups (broad SMARTS) is 1. The van der Waals surface area contributed by atoms with E-state index in [1.54, 1.807) is 24.3 Å². The van der Waals surface area contributed by atoms with E-state index in [0.29, 0.717) is 5.56 Å². The molecule has 2 unspecified atom stereocenters. The lowest BCUT2D eigenvalue weighted by molar-refractivity contribution is -0.139. The van der Waals surface area contributed by atoms with Crippen molar-refractivity contribution in [3.8, 4) is 0 Å². The Morgan fingerprint density at radius 2 is 1.80 bits per heavy atom. The maximum absolute atomic E-state index is 10.3. The van der Waals surface area contributed by atoms with E-state index in [0.717, 1.165) is 0 Å². The largest absolute Gasteiger partial charge is 0.481 e. The van der Waals surface area contributed by atoms with Gasteiger partial charge in [-0.05, 0) is 5.56 Å². The van der Waals surface area contributed by atoms with Crippen molar-refractivity contribution in [2.75, 3.05) is 0 Å². The van der Waals surface area contributed by atoms with Crippen molar-refractivity contribution >= 4 is 5.97 Å². The number of hydrogen-bond donors (Lipinski definition) is 3. The number of aliphatic carboxylic acids is 1. The molecule has 3 N–H and O–H groups in total. The minimum Gasteiger partial charge on any atom is -0.481 e. The van der Waals surface area contributed by atoms with Gasteiger partial charge in [0.2, 0.25) is 0 Å². The Morgan fingerprint density at radius 1 is 1.20 bits per heavy atom. The van der Waals surface area contributed by atoms with E-state index in [9.17, 15) is 15.0 Å². The van der Waals surface area contributed by atoms with Gasteiger partial charge in [0, 0.05) is 6.42 Å². The number of aliphatic hydroxyl groups excluding tert-OH is 2. The van der Waals surface area contributed by atoms with E-state index in [2.05, 4.69) is 0 Å². The first-order chi connectivity index (χ1) is 7.09. The first kappa shape index (κ1) is 11.7. The Balaban J connectivity index is 2.49. The molecule has 2 atom stereocenters. The van der Waals surface area contributed by atoms with E-state index >= 15 is 0 Å². The van der Waals surface area contributed by atoms with Crippen molar-refractivity contribution in [2.24, 2.45) is 0 Å². The zero-order valence-corrected chi connectivity index (χ0v) is 8.21. The van der Waals surface area contributed by atoms with E-state index in [4.69, 9.17) is 5.11 Å². The van der Waals surface area contributed by atoms with Gasteiger partial charge in [-0.25, -0.2) is 0 Å². The molecule has 0 amide bonds. The Labute approximate surface area is 87.8 Å². The molecule has 4 heteroatoms. The Hall–Kier alpha value is -1.39. The number of carbonyl (C=O) groups is 1. The van der Waals surface area contributed by atoms with Gasteiger partial charge in [0.05, 0.1) is 18.6 Å². The van der Waals surface area contributed by atoms with Crippen LogP contribution in [0.2, 0.25) is 0 Å². The predicted molar refractivity (Wildman–Crippen MR) is 54.3 cm³/mol. The lowest BCUT2D eigenvalue weighted by Gasteiger charge is -2.14. The molecule has 0 aromatic heterocycles. The summed E-state index contributed by atoms with van der Waals surface area (Å²) in [5.74, 6) is -1.07. The second-order valence-electron chi connectivity index (χ2n) is 3.41. The lowest BCUT2D eigenvalue weighted by Crippen LogP contribution is -2.16. The zero-order chi connectivity index (χ0) is 11.3. The smallest absolute Gasteiger partial charge is 0.305 e. The van der Waals surface area contributed by atoms with Crippen LogP contribution in [0.3, 0.4) is 0 Å². The van der Waals surface area contributed by atoms with E-state index in [-0.39, 0.29) is 12.8 Å². The van der Waals surface area contributed by atoms with Crippen molar-refractivity contribution in [2.45, 2.75) is 25.0 Å². The molecule has 4 nitrogen and oxygen atoms in total. The summed E-state index contributed by atoms with van der Waals surface area (Å²) in [7, 11) is 0. The molecule has 82 valence electrons. The van der Waals surface area contributed by atoms with Crippen LogP contribution in [0.5, 0.6) is 0 Å². The molecule has 0 saturated carbocycles. The summed E-state index contributed by atoms with van der Waals surface area (Å²) >= 11 is 0. The van der Waals surface area contributed by atoms with Crippen molar-refractivity contribution < 1.29 is 20.1 Å². The highest BCUT2D eigenvalue weighted by Crippen LogP contribution is 2.18. The first-order valence-corrected chi connectivity index (χ1v) is 4.72. The molecule has 0 radical (unpaired) electrons. The molecule has 1 aromatic carbocycles. The van der Waals surface area contributed by atoms with E-state index in [1.807, 2.05) is 6.07 Å². The molecule has 1 rings (SSSR count). The van der Waals surface area contributed by atoms with Gasteiger partial charge in [-0.1, -0.05) is 30.3 Å². The van der Waals surface area contributed by atoms with Crippen LogP contribution in [0.1, 0.15) is 24.5 Å². The van der Waals surface area contributed by atoms with Crippen LogP contribution in [0.15, 0.2) is 30.3 Å². The van der Waals surface area contributed by atoms with Gasteiger partial charge < -0.3 is 15.3 Å². The predicted octanol–water partition coefficient (Wildman–Crippen LogP) is 0.946. The third-order valence-electron chi connectivity index (χ3n) is 2.09. The number of hydrogen-bond acceptors (Lipinski definition) is 3. The lowest BCUT2D eigenvalue weighted by atomic mass is 10.0. The fourth-order valence-electron chi connectivity index (χ4n) is 1.35. The molecular weight excluding hydrogens is 196 g/mol. The van der Waals surface area contributed by atoms with Gasteiger partial charge in [0.15, 0.2) is 0 Å². The summed E-state index contributed by atoms with van der Waals surface area (Å²) in [6, 6.07) is 8.85. The molecule has 0 aliphatic rings. The van der Waals surface area contributed by atoms with Crippen LogP contribution in [0.25, 0.3) is 0 Å². The summed E-state index contributed by atoms with van der Waals surface area (Å²) in [6.45, 7) is 0. The number of benzene rings is 1. The highest BCUT2D eigenvalue weighted by Gasteiger charge is 2.15. The Bertz CT molecular complexity index is 310. The molecule has 1 aromatic rings. The molecule has 15 heavy (non-hydrogen) atoms. The van der Waals surface area contributed by atoms with Gasteiger partial charge in [-0.15, -0.1) is 0 Å². The molecule has 0 aliphatic carbocycles.